The predicted molar refractivity (Wildman–Crippen MR) is 86.2 cm³/mol. The molecule has 1 aliphatic heterocycles. The van der Waals surface area contributed by atoms with Crippen LogP contribution in [-0.4, -0.2) is 31.1 Å². The highest BCUT2D eigenvalue weighted by molar-refractivity contribution is 5.53. The molecule has 1 aliphatic carbocycles. The van der Waals surface area contributed by atoms with Crippen LogP contribution in [0.4, 0.5) is 5.69 Å². The third-order valence-electron chi connectivity index (χ3n) is 5.10. The van der Waals surface area contributed by atoms with Gasteiger partial charge in [0.2, 0.25) is 0 Å². The molecular weight excluding hydrogens is 244 g/mol. The van der Waals surface area contributed by atoms with Crippen LogP contribution in [0.1, 0.15) is 44.1 Å². The number of para-hydroxylation sites is 1. The van der Waals surface area contributed by atoms with E-state index in [1.54, 1.807) is 0 Å². The van der Waals surface area contributed by atoms with Gasteiger partial charge in [-0.05, 0) is 43.9 Å². The molecule has 0 amide bonds. The van der Waals surface area contributed by atoms with Crippen molar-refractivity contribution in [3.05, 3.63) is 29.8 Å². The average Bonchev–Trinajstić information content (AvgIpc) is 2.76. The van der Waals surface area contributed by atoms with Gasteiger partial charge in [0.15, 0.2) is 0 Å². The minimum atomic E-state index is 0.762. The fraction of sp³-hybridized carbons (Fsp3) is 0.667. The molecule has 0 radical (unpaired) electrons. The van der Waals surface area contributed by atoms with Crippen molar-refractivity contribution in [1.82, 2.24) is 4.90 Å². The minimum Gasteiger partial charge on any atom is -0.384 e. The summed E-state index contributed by atoms with van der Waals surface area (Å²) in [5.41, 5.74) is 2.85. The number of nitrogens with zero attached hydrogens (tertiary/aromatic N) is 1. The molecule has 0 bridgehead atoms. The number of hydrogen-bond donors (Lipinski definition) is 1. The van der Waals surface area contributed by atoms with Crippen molar-refractivity contribution in [1.29, 1.82) is 0 Å². The van der Waals surface area contributed by atoms with Crippen molar-refractivity contribution in [2.45, 2.75) is 51.0 Å². The molecule has 1 saturated carbocycles. The molecule has 2 aliphatic rings. The van der Waals surface area contributed by atoms with Gasteiger partial charge in [0.05, 0.1) is 0 Å². The summed E-state index contributed by atoms with van der Waals surface area (Å²) in [5.74, 6) is 0.762. The molecule has 110 valence electrons. The summed E-state index contributed by atoms with van der Waals surface area (Å²) in [6, 6.07) is 9.61. The predicted octanol–water partition coefficient (Wildman–Crippen LogP) is 3.93. The van der Waals surface area contributed by atoms with Crippen LogP contribution < -0.4 is 5.32 Å². The van der Waals surface area contributed by atoms with Gasteiger partial charge >= 0.3 is 0 Å². The molecule has 1 unspecified atom stereocenters. The molecule has 3 rings (SSSR count). The lowest BCUT2D eigenvalue weighted by molar-refractivity contribution is 0.190. The topological polar surface area (TPSA) is 15.3 Å². The Balaban J connectivity index is 1.56. The second-order valence-corrected chi connectivity index (χ2v) is 6.69. The van der Waals surface area contributed by atoms with Gasteiger partial charge in [-0.25, -0.2) is 0 Å². The van der Waals surface area contributed by atoms with Gasteiger partial charge in [0.1, 0.15) is 0 Å². The van der Waals surface area contributed by atoms with E-state index >= 15 is 0 Å². The molecule has 1 aromatic carbocycles. The van der Waals surface area contributed by atoms with Crippen LogP contribution in [0.15, 0.2) is 24.3 Å². The molecule has 1 heterocycles. The molecule has 2 heteroatoms. The normalized spacial score (nSPS) is 24.0. The maximum Gasteiger partial charge on any atom is 0.0372 e. The fourth-order valence-corrected chi connectivity index (χ4v) is 3.89. The summed E-state index contributed by atoms with van der Waals surface area (Å²) in [4.78, 5) is 2.64. The van der Waals surface area contributed by atoms with Crippen LogP contribution in [0.5, 0.6) is 0 Å². The maximum atomic E-state index is 3.61. The highest BCUT2D eigenvalue weighted by Gasteiger charge is 2.23. The Kier molecular flexibility index (Phi) is 4.62. The zero-order valence-electron chi connectivity index (χ0n) is 12.8. The molecule has 20 heavy (non-hydrogen) atoms. The molecule has 0 aromatic heterocycles. The van der Waals surface area contributed by atoms with Crippen LogP contribution in [0.3, 0.4) is 0 Å². The highest BCUT2D eigenvalue weighted by atomic mass is 15.1. The first-order chi connectivity index (χ1) is 9.83. The highest BCUT2D eigenvalue weighted by Crippen LogP contribution is 2.26. The van der Waals surface area contributed by atoms with Crippen molar-refractivity contribution in [3.8, 4) is 0 Å². The molecule has 2 nitrogen and oxygen atoms in total. The van der Waals surface area contributed by atoms with Crippen LogP contribution in [0.2, 0.25) is 0 Å². The summed E-state index contributed by atoms with van der Waals surface area (Å²) in [6.07, 6.45) is 9.81. The first-order valence-electron chi connectivity index (χ1n) is 8.35. The fourth-order valence-electron chi connectivity index (χ4n) is 3.89. The Morgan fingerprint density at radius 1 is 1.10 bits per heavy atom. The molecular formula is C18H28N2. The number of anilines is 1. The maximum absolute atomic E-state index is 3.61. The van der Waals surface area contributed by atoms with E-state index in [1.165, 1.54) is 62.7 Å². The van der Waals surface area contributed by atoms with Crippen molar-refractivity contribution < 1.29 is 0 Å². The number of fused-ring (bicyclic) bond motifs is 1. The van der Waals surface area contributed by atoms with Crippen LogP contribution in [0, 0.1) is 5.92 Å². The molecule has 0 spiro atoms. The van der Waals surface area contributed by atoms with Gasteiger partial charge in [-0.2, -0.15) is 0 Å². The Hall–Kier alpha value is -1.02. The third-order valence-corrected chi connectivity index (χ3v) is 5.10. The smallest absolute Gasteiger partial charge is 0.0372 e. The Bertz CT molecular complexity index is 421. The third kappa shape index (κ3) is 3.35. The number of hydrogen-bond acceptors (Lipinski definition) is 2. The lowest BCUT2D eigenvalue weighted by atomic mass is 9.93. The van der Waals surface area contributed by atoms with Crippen molar-refractivity contribution in [3.63, 3.8) is 0 Å². The van der Waals surface area contributed by atoms with Crippen LogP contribution in [0.25, 0.3) is 0 Å². The van der Waals surface area contributed by atoms with Gasteiger partial charge in [-0.3, -0.25) is 0 Å². The first-order valence-corrected chi connectivity index (χ1v) is 8.35. The second kappa shape index (κ2) is 6.62. The Morgan fingerprint density at radius 2 is 1.85 bits per heavy atom. The van der Waals surface area contributed by atoms with Crippen molar-refractivity contribution >= 4 is 5.69 Å². The number of benzene rings is 1. The molecule has 0 saturated heterocycles. The lowest BCUT2D eigenvalue weighted by Crippen LogP contribution is -2.39. The Labute approximate surface area is 123 Å². The largest absolute Gasteiger partial charge is 0.384 e. The zero-order valence-corrected chi connectivity index (χ0v) is 12.8. The van der Waals surface area contributed by atoms with Gasteiger partial charge in [-0.15, -0.1) is 0 Å². The second-order valence-electron chi connectivity index (χ2n) is 6.69. The number of nitrogens with one attached hydrogen (secondary N) is 1. The summed E-state index contributed by atoms with van der Waals surface area (Å²) in [7, 11) is 2.34. The molecule has 1 N–H and O–H groups in total. The van der Waals surface area contributed by atoms with E-state index in [1.807, 2.05) is 0 Å². The van der Waals surface area contributed by atoms with E-state index < -0.39 is 0 Å². The number of rotatable bonds is 3. The van der Waals surface area contributed by atoms with E-state index in [9.17, 15) is 0 Å². The zero-order chi connectivity index (χ0) is 13.8. The quantitative estimate of drug-likeness (QED) is 0.839. The minimum absolute atomic E-state index is 0.762. The van der Waals surface area contributed by atoms with E-state index in [0.29, 0.717) is 0 Å². The monoisotopic (exact) mass is 272 g/mol. The van der Waals surface area contributed by atoms with Gasteiger partial charge < -0.3 is 10.2 Å². The summed E-state index contributed by atoms with van der Waals surface area (Å²) in [5, 5.41) is 3.61. The summed E-state index contributed by atoms with van der Waals surface area (Å²) >= 11 is 0. The molecule has 1 aromatic rings. The lowest BCUT2D eigenvalue weighted by Gasteiger charge is -2.33. The van der Waals surface area contributed by atoms with Gasteiger partial charge in [0.25, 0.3) is 0 Å². The van der Waals surface area contributed by atoms with Crippen molar-refractivity contribution in [2.75, 3.05) is 25.5 Å². The van der Waals surface area contributed by atoms with Gasteiger partial charge in [-0.1, -0.05) is 43.9 Å². The summed E-state index contributed by atoms with van der Waals surface area (Å²) < 4.78 is 0. The van der Waals surface area contributed by atoms with E-state index in [4.69, 9.17) is 0 Å². The molecule has 1 atom stereocenters. The van der Waals surface area contributed by atoms with Gasteiger partial charge in [0, 0.05) is 24.8 Å². The van der Waals surface area contributed by atoms with E-state index in [2.05, 4.69) is 41.5 Å². The molecule has 1 fully saturated rings. The van der Waals surface area contributed by atoms with E-state index in [-0.39, 0.29) is 0 Å². The Morgan fingerprint density at radius 3 is 2.65 bits per heavy atom. The van der Waals surface area contributed by atoms with Crippen LogP contribution >= 0.6 is 0 Å². The average molecular weight is 272 g/mol. The van der Waals surface area contributed by atoms with E-state index in [0.717, 1.165) is 18.5 Å². The first kappa shape index (κ1) is 13.9. The van der Waals surface area contributed by atoms with Crippen LogP contribution in [-0.2, 0) is 6.42 Å². The van der Waals surface area contributed by atoms with Crippen molar-refractivity contribution in [2.24, 2.45) is 5.92 Å². The standard InChI is InChI=1S/C18H28N2/c1-20(17-9-4-2-3-5-10-17)14-15-12-16-8-6-7-11-18(16)19-13-15/h6-8,11,15,17,19H,2-5,9-10,12-14H2,1H3. The summed E-state index contributed by atoms with van der Waals surface area (Å²) in [6.45, 7) is 2.38. The SMILES string of the molecule is CN(CC1CNc2ccccc2C1)C1CCCCCC1.